The van der Waals surface area contributed by atoms with Crippen LogP contribution in [0, 0.1) is 6.92 Å². The number of benzene rings is 1. The van der Waals surface area contributed by atoms with E-state index in [-0.39, 0.29) is 17.6 Å². The highest BCUT2D eigenvalue weighted by molar-refractivity contribution is 5.81. The Kier molecular flexibility index (Phi) is 4.31. The van der Waals surface area contributed by atoms with Crippen LogP contribution < -0.4 is 4.90 Å². The summed E-state index contributed by atoms with van der Waals surface area (Å²) in [6.45, 7) is 10.9. The summed E-state index contributed by atoms with van der Waals surface area (Å²) >= 11 is 0. The van der Waals surface area contributed by atoms with E-state index >= 15 is 0 Å². The summed E-state index contributed by atoms with van der Waals surface area (Å²) < 4.78 is 5.03. The third kappa shape index (κ3) is 2.78. The summed E-state index contributed by atoms with van der Waals surface area (Å²) in [6, 6.07) is 6.32. The first-order chi connectivity index (χ1) is 9.81. The molecule has 2 atom stereocenters. The van der Waals surface area contributed by atoms with Gasteiger partial charge in [0.05, 0.1) is 7.11 Å². The number of hydrogen-bond donors (Lipinski definition) is 0. The minimum Gasteiger partial charge on any atom is -0.467 e. The predicted molar refractivity (Wildman–Crippen MR) is 86.9 cm³/mol. The van der Waals surface area contributed by atoms with E-state index in [0.29, 0.717) is 5.92 Å². The molecule has 0 aromatic heterocycles. The molecule has 3 nitrogen and oxygen atoms in total. The molecule has 1 aromatic carbocycles. The van der Waals surface area contributed by atoms with Gasteiger partial charge in [-0.25, -0.2) is 4.79 Å². The SMILES string of the molecule is CC[C@H](C(=O)OC)N1c2ccc(C)cc2[C@H](C)CC1(C)C. The Labute approximate surface area is 128 Å². The lowest BCUT2D eigenvalue weighted by molar-refractivity contribution is -0.142. The van der Waals surface area contributed by atoms with Gasteiger partial charge in [0.15, 0.2) is 0 Å². The number of anilines is 1. The molecule has 1 aromatic rings. The summed E-state index contributed by atoms with van der Waals surface area (Å²) in [5.74, 6) is 0.355. The molecule has 1 heterocycles. The number of carbonyl (C=O) groups is 1. The molecule has 21 heavy (non-hydrogen) atoms. The van der Waals surface area contributed by atoms with E-state index < -0.39 is 0 Å². The van der Waals surface area contributed by atoms with Crippen molar-refractivity contribution in [3.05, 3.63) is 29.3 Å². The van der Waals surface area contributed by atoms with Crippen LogP contribution in [-0.2, 0) is 9.53 Å². The fraction of sp³-hybridized carbons (Fsp3) is 0.611. The number of rotatable bonds is 3. The van der Waals surface area contributed by atoms with Gasteiger partial charge in [-0.05, 0) is 51.2 Å². The molecular formula is C18H27NO2. The highest BCUT2D eigenvalue weighted by atomic mass is 16.5. The Morgan fingerprint density at radius 1 is 1.48 bits per heavy atom. The molecule has 116 valence electrons. The Morgan fingerprint density at radius 2 is 2.14 bits per heavy atom. The smallest absolute Gasteiger partial charge is 0.328 e. The fourth-order valence-corrected chi connectivity index (χ4v) is 3.75. The number of hydrogen-bond acceptors (Lipinski definition) is 3. The Bertz CT molecular complexity index is 536. The molecule has 2 rings (SSSR count). The van der Waals surface area contributed by atoms with Crippen LogP contribution in [0.1, 0.15) is 57.6 Å². The third-order valence-electron chi connectivity index (χ3n) is 4.60. The van der Waals surface area contributed by atoms with E-state index in [0.717, 1.165) is 12.8 Å². The molecule has 3 heteroatoms. The fourth-order valence-electron chi connectivity index (χ4n) is 3.75. The van der Waals surface area contributed by atoms with Crippen LogP contribution >= 0.6 is 0 Å². The van der Waals surface area contributed by atoms with Crippen LogP contribution in [0.3, 0.4) is 0 Å². The lowest BCUT2D eigenvalue weighted by Crippen LogP contribution is -2.56. The molecule has 0 radical (unpaired) electrons. The molecule has 0 spiro atoms. The van der Waals surface area contributed by atoms with Crippen molar-refractivity contribution in [2.75, 3.05) is 12.0 Å². The second-order valence-electron chi connectivity index (χ2n) is 6.80. The number of fused-ring (bicyclic) bond motifs is 1. The monoisotopic (exact) mass is 289 g/mol. The summed E-state index contributed by atoms with van der Waals surface area (Å²) in [5, 5.41) is 0. The molecule has 0 unspecified atom stereocenters. The summed E-state index contributed by atoms with van der Waals surface area (Å²) in [7, 11) is 1.47. The van der Waals surface area contributed by atoms with Gasteiger partial charge in [-0.1, -0.05) is 31.5 Å². The Balaban J connectivity index is 2.57. The maximum absolute atomic E-state index is 12.2. The summed E-state index contributed by atoms with van der Waals surface area (Å²) in [6.07, 6.45) is 1.79. The molecule has 0 fully saturated rings. The quantitative estimate of drug-likeness (QED) is 0.787. The summed E-state index contributed by atoms with van der Waals surface area (Å²) in [4.78, 5) is 14.5. The molecule has 0 aliphatic carbocycles. The van der Waals surface area contributed by atoms with Gasteiger partial charge in [0, 0.05) is 11.2 Å². The molecule has 0 amide bonds. The van der Waals surface area contributed by atoms with Gasteiger partial charge in [-0.15, -0.1) is 0 Å². The van der Waals surface area contributed by atoms with E-state index in [4.69, 9.17) is 4.74 Å². The molecule has 0 saturated heterocycles. The first kappa shape index (κ1) is 15.9. The zero-order valence-electron chi connectivity index (χ0n) is 14.1. The Hall–Kier alpha value is -1.51. The Morgan fingerprint density at radius 3 is 2.71 bits per heavy atom. The molecule has 1 aliphatic rings. The van der Waals surface area contributed by atoms with Crippen LogP contribution in [0.25, 0.3) is 0 Å². The van der Waals surface area contributed by atoms with Crippen LogP contribution in [-0.4, -0.2) is 24.7 Å². The highest BCUT2D eigenvalue weighted by Crippen LogP contribution is 2.45. The number of aryl methyl sites for hydroxylation is 1. The van der Waals surface area contributed by atoms with Crippen molar-refractivity contribution < 1.29 is 9.53 Å². The molecule has 0 bridgehead atoms. The van der Waals surface area contributed by atoms with Crippen molar-refractivity contribution >= 4 is 11.7 Å². The van der Waals surface area contributed by atoms with Crippen LogP contribution in [0.4, 0.5) is 5.69 Å². The van der Waals surface area contributed by atoms with Crippen molar-refractivity contribution in [3.63, 3.8) is 0 Å². The maximum atomic E-state index is 12.2. The normalized spacial score (nSPS) is 21.6. The standard InChI is InChI=1S/C18H27NO2/c1-7-15(17(20)21-6)19-16-9-8-12(2)10-14(16)13(3)11-18(19,4)5/h8-10,13,15H,7,11H2,1-6H3/t13-,15-/m1/s1. The highest BCUT2D eigenvalue weighted by Gasteiger charge is 2.42. The lowest BCUT2D eigenvalue weighted by Gasteiger charge is -2.50. The van der Waals surface area contributed by atoms with Crippen LogP contribution in [0.15, 0.2) is 18.2 Å². The first-order valence-corrected chi connectivity index (χ1v) is 7.79. The second-order valence-corrected chi connectivity index (χ2v) is 6.80. The summed E-state index contributed by atoms with van der Waals surface area (Å²) in [5.41, 5.74) is 3.74. The van der Waals surface area contributed by atoms with Crippen molar-refractivity contribution in [2.24, 2.45) is 0 Å². The maximum Gasteiger partial charge on any atom is 0.328 e. The van der Waals surface area contributed by atoms with E-state index in [9.17, 15) is 4.79 Å². The van der Waals surface area contributed by atoms with Gasteiger partial charge in [0.25, 0.3) is 0 Å². The average Bonchev–Trinajstić information content (AvgIpc) is 2.42. The topological polar surface area (TPSA) is 29.5 Å². The number of methoxy groups -OCH3 is 1. The van der Waals surface area contributed by atoms with E-state index in [2.05, 4.69) is 50.8 Å². The zero-order valence-corrected chi connectivity index (χ0v) is 14.1. The van der Waals surface area contributed by atoms with Crippen molar-refractivity contribution in [2.45, 2.75) is 65.0 Å². The zero-order chi connectivity index (χ0) is 15.8. The number of ether oxygens (including phenoxy) is 1. The average molecular weight is 289 g/mol. The number of nitrogens with zero attached hydrogens (tertiary/aromatic N) is 1. The van der Waals surface area contributed by atoms with Crippen LogP contribution in [0.2, 0.25) is 0 Å². The molecular weight excluding hydrogens is 262 g/mol. The molecule has 1 aliphatic heterocycles. The lowest BCUT2D eigenvalue weighted by atomic mass is 9.78. The van der Waals surface area contributed by atoms with Crippen LogP contribution in [0.5, 0.6) is 0 Å². The van der Waals surface area contributed by atoms with Crippen molar-refractivity contribution in [1.29, 1.82) is 0 Å². The molecule has 0 saturated carbocycles. The van der Waals surface area contributed by atoms with Gasteiger partial charge >= 0.3 is 5.97 Å². The first-order valence-electron chi connectivity index (χ1n) is 7.79. The van der Waals surface area contributed by atoms with Gasteiger partial charge in [0.2, 0.25) is 0 Å². The van der Waals surface area contributed by atoms with Gasteiger partial charge in [-0.3, -0.25) is 0 Å². The van der Waals surface area contributed by atoms with Crippen molar-refractivity contribution in [1.82, 2.24) is 0 Å². The van der Waals surface area contributed by atoms with Crippen molar-refractivity contribution in [3.8, 4) is 0 Å². The minimum absolute atomic E-state index is 0.0590. The number of carbonyl (C=O) groups excluding carboxylic acids is 1. The predicted octanol–water partition coefficient (Wildman–Crippen LogP) is 4.04. The number of esters is 1. The minimum atomic E-state index is -0.223. The second kappa shape index (κ2) is 5.70. The largest absolute Gasteiger partial charge is 0.467 e. The third-order valence-corrected chi connectivity index (χ3v) is 4.60. The van der Waals surface area contributed by atoms with Gasteiger partial charge in [0.1, 0.15) is 6.04 Å². The van der Waals surface area contributed by atoms with E-state index in [1.165, 1.54) is 23.9 Å². The van der Waals surface area contributed by atoms with E-state index in [1.54, 1.807) is 0 Å². The van der Waals surface area contributed by atoms with E-state index in [1.807, 2.05) is 6.92 Å². The molecule has 0 N–H and O–H groups in total. The van der Waals surface area contributed by atoms with Gasteiger partial charge in [-0.2, -0.15) is 0 Å². The van der Waals surface area contributed by atoms with Gasteiger partial charge < -0.3 is 9.64 Å².